The van der Waals surface area contributed by atoms with Gasteiger partial charge in [-0.3, -0.25) is 0 Å². The highest BCUT2D eigenvalue weighted by molar-refractivity contribution is 7.89. The number of hydrogen-bond donors (Lipinski definition) is 2. The minimum absolute atomic E-state index is 0.0332. The van der Waals surface area contributed by atoms with Crippen LogP contribution in [0.1, 0.15) is 11.7 Å². The summed E-state index contributed by atoms with van der Waals surface area (Å²) in [7, 11) is 1.04. The Kier molecular flexibility index (Phi) is 5.41. The lowest BCUT2D eigenvalue weighted by Gasteiger charge is -2.14. The molecular weight excluding hydrogens is 368 g/mol. The standard InChI is InChI=1S/C19H22N2O5S/c1-21-9-8-13-10-14(4-6-16(13)21)17(22)12-20-27(23,24)15-5-7-18(25-2)19(11-15)26-3/h4-11,17,20,22H,12H2,1-3H3. The first-order valence-corrected chi connectivity index (χ1v) is 9.79. The number of hydrogen-bond acceptors (Lipinski definition) is 5. The van der Waals surface area contributed by atoms with Crippen LogP contribution in [0.4, 0.5) is 0 Å². The molecule has 0 spiro atoms. The third kappa shape index (κ3) is 3.92. The second-order valence-electron chi connectivity index (χ2n) is 6.13. The van der Waals surface area contributed by atoms with Crippen molar-refractivity contribution in [2.24, 2.45) is 7.05 Å². The third-order valence-corrected chi connectivity index (χ3v) is 5.85. The van der Waals surface area contributed by atoms with Crippen LogP contribution in [0.2, 0.25) is 0 Å². The fourth-order valence-electron chi connectivity index (χ4n) is 2.88. The van der Waals surface area contributed by atoms with Gasteiger partial charge < -0.3 is 19.1 Å². The molecule has 1 aromatic heterocycles. The maximum Gasteiger partial charge on any atom is 0.240 e. The Balaban J connectivity index is 1.75. The molecule has 0 saturated carbocycles. The van der Waals surface area contributed by atoms with Gasteiger partial charge in [0.25, 0.3) is 0 Å². The summed E-state index contributed by atoms with van der Waals surface area (Å²) in [5.74, 6) is 0.753. The van der Waals surface area contributed by atoms with Crippen LogP contribution in [0.5, 0.6) is 11.5 Å². The van der Waals surface area contributed by atoms with Gasteiger partial charge in [0.05, 0.1) is 25.2 Å². The number of aliphatic hydroxyl groups excluding tert-OH is 1. The van der Waals surface area contributed by atoms with E-state index in [-0.39, 0.29) is 11.4 Å². The average Bonchev–Trinajstić information content (AvgIpc) is 3.05. The predicted molar refractivity (Wildman–Crippen MR) is 103 cm³/mol. The van der Waals surface area contributed by atoms with Crippen molar-refractivity contribution in [3.05, 3.63) is 54.2 Å². The van der Waals surface area contributed by atoms with E-state index in [4.69, 9.17) is 9.47 Å². The van der Waals surface area contributed by atoms with Crippen molar-refractivity contribution in [3.63, 3.8) is 0 Å². The molecule has 0 radical (unpaired) electrons. The average molecular weight is 390 g/mol. The number of nitrogens with one attached hydrogen (secondary N) is 1. The van der Waals surface area contributed by atoms with Crippen molar-refractivity contribution in [3.8, 4) is 11.5 Å². The molecular formula is C19H22N2O5S. The van der Waals surface area contributed by atoms with Gasteiger partial charge in [0, 0.05) is 31.4 Å². The lowest BCUT2D eigenvalue weighted by molar-refractivity contribution is 0.182. The van der Waals surface area contributed by atoms with Gasteiger partial charge in [-0.1, -0.05) is 6.07 Å². The Bertz CT molecular complexity index is 1060. The van der Waals surface area contributed by atoms with Crippen LogP contribution < -0.4 is 14.2 Å². The van der Waals surface area contributed by atoms with Crippen LogP contribution in [0.25, 0.3) is 10.9 Å². The summed E-state index contributed by atoms with van der Waals surface area (Å²) in [6, 6.07) is 11.8. The Morgan fingerprint density at radius 2 is 1.81 bits per heavy atom. The lowest BCUT2D eigenvalue weighted by atomic mass is 10.1. The van der Waals surface area contributed by atoms with E-state index in [9.17, 15) is 13.5 Å². The number of rotatable bonds is 7. The fourth-order valence-corrected chi connectivity index (χ4v) is 3.93. The largest absolute Gasteiger partial charge is 0.493 e. The Morgan fingerprint density at radius 3 is 2.52 bits per heavy atom. The molecule has 3 rings (SSSR count). The quantitative estimate of drug-likeness (QED) is 0.646. The second kappa shape index (κ2) is 7.59. The molecule has 1 unspecified atom stereocenters. The topological polar surface area (TPSA) is 89.8 Å². The monoisotopic (exact) mass is 390 g/mol. The molecule has 1 heterocycles. The van der Waals surface area contributed by atoms with Crippen molar-refractivity contribution in [1.29, 1.82) is 0 Å². The number of benzene rings is 2. The van der Waals surface area contributed by atoms with Gasteiger partial charge in [-0.2, -0.15) is 0 Å². The highest BCUT2D eigenvalue weighted by Gasteiger charge is 2.19. The number of aryl methyl sites for hydroxylation is 1. The van der Waals surface area contributed by atoms with Crippen molar-refractivity contribution >= 4 is 20.9 Å². The van der Waals surface area contributed by atoms with Gasteiger partial charge in [0.1, 0.15) is 0 Å². The molecule has 7 nitrogen and oxygen atoms in total. The van der Waals surface area contributed by atoms with Gasteiger partial charge in [-0.15, -0.1) is 0 Å². The zero-order valence-corrected chi connectivity index (χ0v) is 16.2. The highest BCUT2D eigenvalue weighted by Crippen LogP contribution is 2.29. The molecule has 1 atom stereocenters. The summed E-state index contributed by atoms with van der Waals surface area (Å²) in [5, 5.41) is 11.4. The minimum Gasteiger partial charge on any atom is -0.493 e. The molecule has 0 fully saturated rings. The first kappa shape index (κ1) is 19.2. The summed E-state index contributed by atoms with van der Waals surface area (Å²) in [5.41, 5.74) is 1.68. The van der Waals surface area contributed by atoms with Crippen molar-refractivity contribution in [1.82, 2.24) is 9.29 Å². The van der Waals surface area contributed by atoms with Crippen LogP contribution in [0.3, 0.4) is 0 Å². The van der Waals surface area contributed by atoms with Gasteiger partial charge in [-0.25, -0.2) is 13.1 Å². The summed E-state index contributed by atoms with van der Waals surface area (Å²) in [4.78, 5) is 0.0332. The molecule has 2 aromatic carbocycles. The van der Waals surface area contributed by atoms with E-state index in [0.29, 0.717) is 17.1 Å². The summed E-state index contributed by atoms with van der Waals surface area (Å²) >= 11 is 0. The molecule has 27 heavy (non-hydrogen) atoms. The number of methoxy groups -OCH3 is 2. The van der Waals surface area contributed by atoms with Crippen LogP contribution in [0.15, 0.2) is 53.6 Å². The molecule has 0 aliphatic rings. The molecule has 8 heteroatoms. The SMILES string of the molecule is COc1ccc(S(=O)(=O)NCC(O)c2ccc3c(ccn3C)c2)cc1OC. The normalized spacial score (nSPS) is 12.9. The molecule has 0 aliphatic heterocycles. The number of nitrogens with zero attached hydrogens (tertiary/aromatic N) is 1. The van der Waals surface area contributed by atoms with Crippen LogP contribution in [0, 0.1) is 0 Å². The first-order chi connectivity index (χ1) is 12.9. The lowest BCUT2D eigenvalue weighted by Crippen LogP contribution is -2.28. The number of fused-ring (bicyclic) bond motifs is 1. The molecule has 0 bridgehead atoms. The highest BCUT2D eigenvalue weighted by atomic mass is 32.2. The summed E-state index contributed by atoms with van der Waals surface area (Å²) in [6.07, 6.45) is 0.963. The number of aromatic nitrogens is 1. The molecule has 2 N–H and O–H groups in total. The number of sulfonamides is 1. The second-order valence-corrected chi connectivity index (χ2v) is 7.90. The van der Waals surface area contributed by atoms with Crippen molar-refractivity contribution in [2.75, 3.05) is 20.8 Å². The van der Waals surface area contributed by atoms with Gasteiger partial charge in [-0.05, 0) is 41.3 Å². The molecule has 3 aromatic rings. The summed E-state index contributed by atoms with van der Waals surface area (Å²) in [6.45, 7) is -0.144. The molecule has 0 aliphatic carbocycles. The van der Waals surface area contributed by atoms with Crippen molar-refractivity contribution < 1.29 is 23.0 Å². The number of aliphatic hydroxyl groups is 1. The smallest absolute Gasteiger partial charge is 0.240 e. The maximum absolute atomic E-state index is 12.5. The van der Waals surface area contributed by atoms with E-state index in [0.717, 1.165) is 10.9 Å². The maximum atomic E-state index is 12.5. The van der Waals surface area contributed by atoms with Crippen molar-refractivity contribution in [2.45, 2.75) is 11.0 Å². The van der Waals surface area contributed by atoms with E-state index in [1.165, 1.54) is 32.4 Å². The van der Waals surface area contributed by atoms with E-state index >= 15 is 0 Å². The predicted octanol–water partition coefficient (Wildman–Crippen LogP) is 2.21. The van der Waals surface area contributed by atoms with Crippen LogP contribution in [-0.2, 0) is 17.1 Å². The van der Waals surface area contributed by atoms with Gasteiger partial charge in [0.15, 0.2) is 11.5 Å². The summed E-state index contributed by atoms with van der Waals surface area (Å²) < 4.78 is 39.7. The number of ether oxygens (including phenoxy) is 2. The van der Waals surface area contributed by atoms with Crippen LogP contribution >= 0.6 is 0 Å². The first-order valence-electron chi connectivity index (χ1n) is 8.30. The molecule has 144 valence electrons. The van der Waals surface area contributed by atoms with Crippen LogP contribution in [-0.4, -0.2) is 38.9 Å². The minimum atomic E-state index is -3.81. The van der Waals surface area contributed by atoms with E-state index in [2.05, 4.69) is 4.72 Å². The molecule has 0 amide bonds. The fraction of sp³-hybridized carbons (Fsp3) is 0.263. The molecule has 0 saturated heterocycles. The van der Waals surface area contributed by atoms with Gasteiger partial charge >= 0.3 is 0 Å². The zero-order chi connectivity index (χ0) is 19.6. The van der Waals surface area contributed by atoms with E-state index < -0.39 is 16.1 Å². The third-order valence-electron chi connectivity index (χ3n) is 4.43. The van der Waals surface area contributed by atoms with Gasteiger partial charge in [0.2, 0.25) is 10.0 Å². The Labute approximate surface area is 158 Å². The zero-order valence-electron chi connectivity index (χ0n) is 15.3. The van der Waals surface area contributed by atoms with E-state index in [1.807, 2.05) is 36.0 Å². The van der Waals surface area contributed by atoms with E-state index in [1.54, 1.807) is 6.07 Å². The Morgan fingerprint density at radius 1 is 1.07 bits per heavy atom. The Hall–Kier alpha value is -2.55.